The highest BCUT2D eigenvalue weighted by atomic mass is 16.5. The number of aromatic nitrogens is 3. The van der Waals surface area contributed by atoms with Crippen molar-refractivity contribution in [2.24, 2.45) is 0 Å². The van der Waals surface area contributed by atoms with E-state index >= 15 is 0 Å². The van der Waals surface area contributed by atoms with Gasteiger partial charge in [0.1, 0.15) is 29.3 Å². The van der Waals surface area contributed by atoms with E-state index in [0.717, 1.165) is 53.8 Å². The number of benzene rings is 1. The van der Waals surface area contributed by atoms with Crippen molar-refractivity contribution in [3.05, 3.63) is 36.2 Å². The Kier molecular flexibility index (Phi) is 6.12. The lowest BCUT2D eigenvalue weighted by atomic mass is 10.1. The molecule has 2 aromatic heterocycles. The van der Waals surface area contributed by atoms with Gasteiger partial charge in [0.25, 0.3) is 0 Å². The summed E-state index contributed by atoms with van der Waals surface area (Å²) in [6.07, 6.45) is 4.94. The number of fused-ring (bicyclic) bond motifs is 4. The zero-order chi connectivity index (χ0) is 21.9. The zero-order valence-electron chi connectivity index (χ0n) is 18.3. The summed E-state index contributed by atoms with van der Waals surface area (Å²) < 4.78 is 27.4. The van der Waals surface area contributed by atoms with Crippen molar-refractivity contribution in [2.75, 3.05) is 33.0 Å². The summed E-state index contributed by atoms with van der Waals surface area (Å²) in [6.45, 7) is 5.34. The summed E-state index contributed by atoms with van der Waals surface area (Å²) >= 11 is 0. The number of ether oxygens (including phenoxy) is 4. The second-order valence-electron chi connectivity index (χ2n) is 8.33. The van der Waals surface area contributed by atoms with Crippen LogP contribution in [0.1, 0.15) is 38.1 Å². The first-order valence-corrected chi connectivity index (χ1v) is 11.3. The van der Waals surface area contributed by atoms with E-state index < -0.39 is 0 Å². The molecule has 2 aliphatic rings. The zero-order valence-corrected chi connectivity index (χ0v) is 18.3. The van der Waals surface area contributed by atoms with Crippen LogP contribution < -0.4 is 4.74 Å². The molecule has 4 heterocycles. The summed E-state index contributed by atoms with van der Waals surface area (Å²) in [4.78, 5) is 0. The first-order chi connectivity index (χ1) is 15.7. The van der Waals surface area contributed by atoms with Crippen LogP contribution >= 0.6 is 0 Å². The normalized spacial score (nSPS) is 22.5. The maximum atomic E-state index is 9.66. The van der Waals surface area contributed by atoms with Crippen LogP contribution in [0, 0.1) is 11.3 Å². The molecule has 8 heteroatoms. The van der Waals surface area contributed by atoms with Gasteiger partial charge in [0.15, 0.2) is 6.23 Å². The molecular formula is C24H28N4O4. The lowest BCUT2D eigenvalue weighted by molar-refractivity contribution is -0.0365. The molecule has 2 aliphatic heterocycles. The third-order valence-electron chi connectivity index (χ3n) is 5.93. The van der Waals surface area contributed by atoms with Crippen molar-refractivity contribution in [1.29, 1.82) is 5.26 Å². The Morgan fingerprint density at radius 1 is 1.09 bits per heavy atom. The molecule has 168 valence electrons. The lowest BCUT2D eigenvalue weighted by Gasteiger charge is -2.23. The van der Waals surface area contributed by atoms with E-state index in [1.165, 1.54) is 0 Å². The van der Waals surface area contributed by atoms with Gasteiger partial charge >= 0.3 is 0 Å². The average Bonchev–Trinajstić information content (AvgIpc) is 3.39. The number of hydrogen-bond acceptors (Lipinski definition) is 6. The monoisotopic (exact) mass is 436 g/mol. The van der Waals surface area contributed by atoms with Gasteiger partial charge in [-0.25, -0.2) is 4.68 Å². The van der Waals surface area contributed by atoms with Crippen molar-refractivity contribution >= 4 is 10.9 Å². The van der Waals surface area contributed by atoms with Gasteiger partial charge in [-0.15, -0.1) is 0 Å². The van der Waals surface area contributed by atoms with Gasteiger partial charge in [0.05, 0.1) is 31.9 Å². The van der Waals surface area contributed by atoms with Gasteiger partial charge in [-0.05, 0) is 50.5 Å². The second kappa shape index (κ2) is 9.33. The van der Waals surface area contributed by atoms with Crippen molar-refractivity contribution in [1.82, 2.24) is 14.3 Å². The molecule has 32 heavy (non-hydrogen) atoms. The Hall–Kier alpha value is -2.86. The molecule has 0 spiro atoms. The molecule has 8 nitrogen and oxygen atoms in total. The highest BCUT2D eigenvalue weighted by Crippen LogP contribution is 2.35. The minimum atomic E-state index is -0.0909. The minimum Gasteiger partial charge on any atom is -0.488 e. The first kappa shape index (κ1) is 21.0. The molecule has 1 fully saturated rings. The summed E-state index contributed by atoms with van der Waals surface area (Å²) in [5, 5.41) is 15.6. The molecule has 0 saturated carbocycles. The highest BCUT2D eigenvalue weighted by Gasteiger charge is 2.23. The molecule has 1 unspecified atom stereocenters. The molecule has 1 aromatic carbocycles. The lowest BCUT2D eigenvalue weighted by Crippen LogP contribution is -2.21. The maximum absolute atomic E-state index is 9.66. The molecule has 0 radical (unpaired) electrons. The SMILES string of the molecule is C[C@@H]1COCCOCCn2cc(cc2C#N)-c2nn(C3CCCCO3)c3ccc(cc23)O1. The smallest absolute Gasteiger partial charge is 0.150 e. The third-order valence-corrected chi connectivity index (χ3v) is 5.93. The van der Waals surface area contributed by atoms with Crippen molar-refractivity contribution in [3.63, 3.8) is 0 Å². The Morgan fingerprint density at radius 2 is 2.00 bits per heavy atom. The Morgan fingerprint density at radius 3 is 2.84 bits per heavy atom. The van der Waals surface area contributed by atoms with E-state index in [2.05, 4.69) is 6.07 Å². The number of nitriles is 1. The topological polar surface area (TPSA) is 83.5 Å². The van der Waals surface area contributed by atoms with Crippen molar-refractivity contribution in [3.8, 4) is 23.1 Å². The standard InChI is InChI=1S/C24H28N4O4/c1-17-16-30-11-10-29-9-7-27-15-18(12-19(27)14-25)24-21-13-20(32-17)5-6-22(21)28(26-24)23-4-2-3-8-31-23/h5-6,12-13,15,17,23H,2-4,7-11,16H2,1H3/t17-,23?/m1/s1. The Balaban J connectivity index is 1.62. The number of hydrogen-bond donors (Lipinski definition) is 0. The molecule has 2 atom stereocenters. The van der Waals surface area contributed by atoms with Gasteiger partial charge < -0.3 is 23.5 Å². The van der Waals surface area contributed by atoms with Crippen molar-refractivity contribution < 1.29 is 18.9 Å². The van der Waals surface area contributed by atoms with Crippen LogP contribution in [0.15, 0.2) is 30.5 Å². The predicted molar refractivity (Wildman–Crippen MR) is 118 cm³/mol. The molecule has 5 rings (SSSR count). The molecule has 4 bridgehead atoms. The average molecular weight is 437 g/mol. The van der Waals surface area contributed by atoms with E-state index in [-0.39, 0.29) is 12.3 Å². The number of nitrogens with zero attached hydrogens (tertiary/aromatic N) is 4. The van der Waals surface area contributed by atoms with Gasteiger partial charge in [-0.3, -0.25) is 0 Å². The van der Waals surface area contributed by atoms with E-state index in [9.17, 15) is 5.26 Å². The minimum absolute atomic E-state index is 0.0841. The summed E-state index contributed by atoms with van der Waals surface area (Å²) in [5.74, 6) is 0.766. The number of rotatable bonds is 1. The van der Waals surface area contributed by atoms with E-state index in [0.29, 0.717) is 38.7 Å². The molecule has 0 amide bonds. The maximum Gasteiger partial charge on any atom is 0.150 e. The van der Waals surface area contributed by atoms with Crippen LogP contribution in [0.2, 0.25) is 0 Å². The summed E-state index contributed by atoms with van der Waals surface area (Å²) in [5.41, 5.74) is 3.31. The van der Waals surface area contributed by atoms with Gasteiger partial charge in [0.2, 0.25) is 0 Å². The summed E-state index contributed by atoms with van der Waals surface area (Å²) in [6, 6.07) is 10.2. The van der Waals surface area contributed by atoms with E-state index in [4.69, 9.17) is 24.0 Å². The van der Waals surface area contributed by atoms with Crippen LogP contribution in [0.5, 0.6) is 5.75 Å². The highest BCUT2D eigenvalue weighted by molar-refractivity contribution is 5.94. The Labute approximate surface area is 187 Å². The molecule has 3 aromatic rings. The molecular weight excluding hydrogens is 408 g/mol. The van der Waals surface area contributed by atoms with E-state index in [1.807, 2.05) is 46.6 Å². The fourth-order valence-corrected chi connectivity index (χ4v) is 4.36. The van der Waals surface area contributed by atoms with Crippen LogP contribution in [-0.4, -0.2) is 53.5 Å². The van der Waals surface area contributed by atoms with Crippen LogP contribution in [0.25, 0.3) is 22.2 Å². The quantitative estimate of drug-likeness (QED) is 0.576. The predicted octanol–water partition coefficient (Wildman–Crippen LogP) is 3.89. The van der Waals surface area contributed by atoms with Gasteiger partial charge in [-0.1, -0.05) is 0 Å². The first-order valence-electron chi connectivity index (χ1n) is 11.3. The van der Waals surface area contributed by atoms with Crippen LogP contribution in [0.3, 0.4) is 0 Å². The molecule has 0 aliphatic carbocycles. The van der Waals surface area contributed by atoms with Crippen molar-refractivity contribution in [2.45, 2.75) is 45.1 Å². The fraction of sp³-hybridized carbons (Fsp3) is 0.500. The Bertz CT molecular complexity index is 1120. The summed E-state index contributed by atoms with van der Waals surface area (Å²) in [7, 11) is 0. The molecule has 1 saturated heterocycles. The van der Waals surface area contributed by atoms with Crippen LogP contribution in [0.4, 0.5) is 0 Å². The largest absolute Gasteiger partial charge is 0.488 e. The second-order valence-corrected chi connectivity index (χ2v) is 8.33. The van der Waals surface area contributed by atoms with Gasteiger partial charge in [-0.2, -0.15) is 10.4 Å². The van der Waals surface area contributed by atoms with Crippen LogP contribution in [-0.2, 0) is 20.8 Å². The van der Waals surface area contributed by atoms with E-state index in [1.54, 1.807) is 0 Å². The molecule has 0 N–H and O–H groups in total. The fourth-order valence-electron chi connectivity index (χ4n) is 4.36. The third kappa shape index (κ3) is 4.24. The van der Waals surface area contributed by atoms with Gasteiger partial charge in [0, 0.05) is 30.3 Å².